The van der Waals surface area contributed by atoms with Gasteiger partial charge in [-0.05, 0) is 48.6 Å². The van der Waals surface area contributed by atoms with Crippen LogP contribution in [0.3, 0.4) is 0 Å². The molecule has 0 heterocycles. The number of halogens is 4. The van der Waals surface area contributed by atoms with Crippen LogP contribution >= 0.6 is 66.2 Å². The maximum atomic E-state index is 11.0. The average molecular weight is 396 g/mol. The minimum atomic E-state index is -1.84. The summed E-state index contributed by atoms with van der Waals surface area (Å²) in [6.07, 6.45) is 0. The quantitative estimate of drug-likeness (QED) is 0.636. The van der Waals surface area contributed by atoms with Crippen molar-refractivity contribution in [2.75, 3.05) is 0 Å². The van der Waals surface area contributed by atoms with E-state index in [0.29, 0.717) is 5.30 Å². The molecule has 0 radical (unpaired) electrons. The fourth-order valence-corrected chi connectivity index (χ4v) is 5.55. The summed E-state index contributed by atoms with van der Waals surface area (Å²) in [5.41, 5.74) is 0. The van der Waals surface area contributed by atoms with Crippen LogP contribution in [-0.4, -0.2) is 0 Å². The molecule has 0 N–H and O–H groups in total. The van der Waals surface area contributed by atoms with E-state index < -0.39 is 7.15 Å². The molecule has 1 aromatic rings. The summed E-state index contributed by atoms with van der Waals surface area (Å²) in [5.74, 6) is 0. The van der Waals surface area contributed by atoms with Crippen LogP contribution in [0.1, 0.15) is 0 Å². The monoisotopic (exact) mass is 393 g/mol. The van der Waals surface area contributed by atoms with E-state index in [1.54, 1.807) is 12.1 Å². The van der Waals surface area contributed by atoms with E-state index in [1.807, 2.05) is 0 Å². The van der Waals surface area contributed by atoms with Crippen molar-refractivity contribution >= 4 is 71.5 Å². The zero-order valence-corrected chi connectivity index (χ0v) is 11.9. The minimum Gasteiger partial charge on any atom is -0.0508 e. The third kappa shape index (κ3) is 2.52. The van der Waals surface area contributed by atoms with Crippen LogP contribution in [0.2, 0.25) is 0 Å². The lowest BCUT2D eigenvalue weighted by Gasteiger charge is -1.95. The molecule has 12 heavy (non-hydrogen) atoms. The molecule has 0 amide bonds. The highest BCUT2D eigenvalue weighted by Gasteiger charge is 2.25. The Balaban J connectivity index is 3.38. The van der Waals surface area contributed by atoms with Crippen molar-refractivity contribution in [1.82, 2.24) is 0 Å². The topological polar surface area (TPSA) is 17.1 Å². The second-order valence-corrected chi connectivity index (χ2v) is 6.45. The largest absolute Gasteiger partial charge is 0.496 e. The molecule has 0 aliphatic carbocycles. The van der Waals surface area contributed by atoms with Gasteiger partial charge in [0.15, 0.2) is 0 Å². The molecule has 0 bridgehead atoms. The molecule has 0 saturated carbocycles. The third-order valence-corrected chi connectivity index (χ3v) is 4.82. The van der Waals surface area contributed by atoms with Crippen molar-refractivity contribution in [3.05, 3.63) is 25.6 Å². The summed E-state index contributed by atoms with van der Waals surface area (Å²) in [6.45, 7) is 0. The molecule has 6 heteroatoms. The fourth-order valence-electron chi connectivity index (χ4n) is 0.703. The molecule has 1 rings (SSSR count). The Hall–Kier alpha value is 1.05. The lowest BCUT2D eigenvalue weighted by molar-refractivity contribution is 0.600. The molecule has 1 atom stereocenters. The Morgan fingerprint density at radius 3 is 1.92 bits per heavy atom. The lowest BCUT2D eigenvalue weighted by Crippen LogP contribution is -1.98. The molecule has 0 fully saturated rings. The van der Waals surface area contributed by atoms with Crippen molar-refractivity contribution in [2.24, 2.45) is 0 Å². The average Bonchev–Trinajstić information content (AvgIpc) is 1.82. The van der Waals surface area contributed by atoms with Gasteiger partial charge in [-0.3, -0.25) is 0 Å². The van der Waals surface area contributed by atoms with Gasteiger partial charge in [-0.25, -0.2) is 0 Å². The Morgan fingerprint density at radius 2 is 1.58 bits per heavy atom. The zero-order chi connectivity index (χ0) is 9.30. The normalized spacial score (nSPS) is 11.5. The number of rotatable bonds is 1. The smallest absolute Gasteiger partial charge is 0.0508 e. The van der Waals surface area contributed by atoms with Crippen molar-refractivity contribution in [3.8, 4) is 0 Å². The Morgan fingerprint density at radius 1 is 1.17 bits per heavy atom. The van der Waals surface area contributed by atoms with Gasteiger partial charge >= 0.3 is 7.15 Å². The highest BCUT2D eigenvalue weighted by Crippen LogP contribution is 2.35. The van der Waals surface area contributed by atoms with Gasteiger partial charge in [0.1, 0.15) is 0 Å². The van der Waals surface area contributed by atoms with Crippen LogP contribution < -0.4 is 5.30 Å². The first-order chi connectivity index (χ1) is 5.52. The Kier molecular flexibility index (Phi) is 4.19. The molecular formula is C6H2Br3ClOP+. The highest BCUT2D eigenvalue weighted by atomic mass is 79.9. The van der Waals surface area contributed by atoms with Crippen LogP contribution in [0.15, 0.2) is 25.6 Å². The van der Waals surface area contributed by atoms with Gasteiger partial charge < -0.3 is 0 Å². The Bertz CT molecular complexity index is 319. The lowest BCUT2D eigenvalue weighted by atomic mass is 10.4. The van der Waals surface area contributed by atoms with Crippen molar-refractivity contribution in [3.63, 3.8) is 0 Å². The highest BCUT2D eigenvalue weighted by molar-refractivity contribution is 9.11. The summed E-state index contributed by atoms with van der Waals surface area (Å²) >= 11 is 15.3. The van der Waals surface area contributed by atoms with Crippen molar-refractivity contribution < 1.29 is 4.57 Å². The maximum absolute atomic E-state index is 11.0. The third-order valence-electron chi connectivity index (χ3n) is 1.16. The maximum Gasteiger partial charge on any atom is 0.496 e. The van der Waals surface area contributed by atoms with Crippen LogP contribution in [0, 0.1) is 0 Å². The summed E-state index contributed by atoms with van der Waals surface area (Å²) in [7, 11) is -1.84. The Labute approximate surface area is 101 Å². The molecule has 1 aromatic carbocycles. The van der Waals surface area contributed by atoms with E-state index in [9.17, 15) is 4.57 Å². The van der Waals surface area contributed by atoms with Gasteiger partial charge in [0.05, 0.1) is 8.95 Å². The summed E-state index contributed by atoms with van der Waals surface area (Å²) in [4.78, 5) is 0. The fraction of sp³-hybridized carbons (Fsp3) is 0. The van der Waals surface area contributed by atoms with Crippen molar-refractivity contribution in [1.29, 1.82) is 0 Å². The van der Waals surface area contributed by atoms with Gasteiger partial charge in [-0.15, -0.1) is 0 Å². The van der Waals surface area contributed by atoms with Gasteiger partial charge in [-0.1, -0.05) is 15.9 Å². The number of hydrogen-bond acceptors (Lipinski definition) is 1. The van der Waals surface area contributed by atoms with Crippen molar-refractivity contribution in [2.45, 2.75) is 0 Å². The first-order valence-electron chi connectivity index (χ1n) is 2.80. The van der Waals surface area contributed by atoms with Gasteiger partial charge in [0, 0.05) is 4.47 Å². The van der Waals surface area contributed by atoms with E-state index in [-0.39, 0.29) is 0 Å². The second kappa shape index (κ2) is 4.52. The van der Waals surface area contributed by atoms with E-state index in [4.69, 9.17) is 11.2 Å². The predicted octanol–water partition coefficient (Wildman–Crippen LogP) is 4.58. The van der Waals surface area contributed by atoms with Gasteiger partial charge in [0.25, 0.3) is 0 Å². The van der Waals surface area contributed by atoms with Gasteiger partial charge in [-0.2, -0.15) is 0 Å². The molecule has 0 saturated heterocycles. The SMILES string of the molecule is O=[P+](Cl)c1c(Br)cc(Br)cc1Br. The van der Waals surface area contributed by atoms with Crippen LogP contribution in [0.5, 0.6) is 0 Å². The molecule has 0 aliphatic rings. The number of hydrogen-bond donors (Lipinski definition) is 0. The molecule has 1 unspecified atom stereocenters. The first kappa shape index (κ1) is 11.1. The predicted molar refractivity (Wildman–Crippen MR) is 62.6 cm³/mol. The van der Waals surface area contributed by atoms with E-state index in [2.05, 4.69) is 47.8 Å². The number of benzene rings is 1. The van der Waals surface area contributed by atoms with E-state index in [1.165, 1.54) is 0 Å². The molecule has 0 aromatic heterocycles. The summed E-state index contributed by atoms with van der Waals surface area (Å²) in [6, 6.07) is 3.60. The van der Waals surface area contributed by atoms with Gasteiger partial charge in [0.2, 0.25) is 16.5 Å². The van der Waals surface area contributed by atoms with Crippen LogP contribution in [0.25, 0.3) is 0 Å². The summed E-state index contributed by atoms with van der Waals surface area (Å²) in [5, 5.41) is 0.592. The zero-order valence-electron chi connectivity index (χ0n) is 5.52. The molecule has 0 aliphatic heterocycles. The summed E-state index contributed by atoms with van der Waals surface area (Å²) < 4.78 is 13.4. The molecule has 0 spiro atoms. The second-order valence-electron chi connectivity index (χ2n) is 1.96. The first-order valence-corrected chi connectivity index (χ1v) is 7.34. The molecule has 1 nitrogen and oxygen atoms in total. The van der Waals surface area contributed by atoms with Crippen LogP contribution in [0.4, 0.5) is 0 Å². The standard InChI is InChI=1S/C6H2Br3ClOP/c7-3-1-4(8)6(12(10)11)5(9)2-3/h1-2H/q+1. The minimum absolute atomic E-state index is 0.592. The molecule has 64 valence electrons. The van der Waals surface area contributed by atoms with E-state index in [0.717, 1.165) is 13.4 Å². The van der Waals surface area contributed by atoms with E-state index >= 15 is 0 Å². The van der Waals surface area contributed by atoms with Crippen LogP contribution in [-0.2, 0) is 4.57 Å². The molecular weight excluding hydrogens is 394 g/mol.